The smallest absolute Gasteiger partial charge is 0.407 e. The Hall–Kier alpha value is -5.39. The monoisotopic (exact) mass is 602 g/mol. The molecule has 0 spiro atoms. The van der Waals surface area contributed by atoms with Crippen molar-refractivity contribution in [2.24, 2.45) is 0 Å². The first-order valence-corrected chi connectivity index (χ1v) is 14.6. The van der Waals surface area contributed by atoms with Crippen LogP contribution in [0.2, 0.25) is 0 Å². The molecule has 8 nitrogen and oxygen atoms in total. The van der Waals surface area contributed by atoms with Crippen LogP contribution in [0.5, 0.6) is 0 Å². The SMILES string of the molecule is CC(C)(C)OC[C@H](NC(=O)OCC1c2ccccc2-c2ccccc21)C(=O)Nc1ccccc1C#Cc1ccccc1C(=O)O. The Kier molecular flexibility index (Phi) is 9.31. The Balaban J connectivity index is 1.30. The zero-order valence-electron chi connectivity index (χ0n) is 25.3. The van der Waals surface area contributed by atoms with E-state index in [0.717, 1.165) is 22.3 Å². The predicted molar refractivity (Wildman–Crippen MR) is 172 cm³/mol. The third kappa shape index (κ3) is 7.58. The molecule has 0 heterocycles. The van der Waals surface area contributed by atoms with E-state index in [2.05, 4.69) is 34.6 Å². The Morgan fingerprint density at radius 1 is 0.800 bits per heavy atom. The maximum Gasteiger partial charge on any atom is 0.407 e. The number of carbonyl (C=O) groups excluding carboxylic acids is 2. The first-order valence-electron chi connectivity index (χ1n) is 14.6. The van der Waals surface area contributed by atoms with E-state index in [-0.39, 0.29) is 24.7 Å². The molecule has 228 valence electrons. The van der Waals surface area contributed by atoms with E-state index in [9.17, 15) is 19.5 Å². The number of rotatable bonds is 8. The molecule has 8 heteroatoms. The lowest BCUT2D eigenvalue weighted by atomic mass is 9.98. The number of para-hydroxylation sites is 1. The molecule has 1 aliphatic rings. The van der Waals surface area contributed by atoms with Crippen LogP contribution in [0.1, 0.15) is 59.3 Å². The maximum absolute atomic E-state index is 13.5. The summed E-state index contributed by atoms with van der Waals surface area (Å²) in [5, 5.41) is 15.0. The lowest BCUT2D eigenvalue weighted by Gasteiger charge is -2.25. The van der Waals surface area contributed by atoms with Crippen molar-refractivity contribution in [2.45, 2.75) is 38.3 Å². The van der Waals surface area contributed by atoms with Crippen LogP contribution in [0.25, 0.3) is 11.1 Å². The number of aromatic carboxylic acids is 1. The van der Waals surface area contributed by atoms with E-state index in [1.165, 1.54) is 6.07 Å². The molecule has 1 atom stereocenters. The standard InChI is InChI=1S/C37H34N2O6/c1-37(2,3)45-23-33(39-36(43)44-22-31-29-17-9-7-15-27(29)28-16-8-10-18-30(28)31)34(40)38-32-19-11-5-13-25(32)21-20-24-12-4-6-14-26(24)35(41)42/h4-19,31,33H,22-23H2,1-3H3,(H,38,40)(H,39,43)(H,41,42)/t33-/m0/s1. The summed E-state index contributed by atoms with van der Waals surface area (Å²) in [6.45, 7) is 5.57. The van der Waals surface area contributed by atoms with Gasteiger partial charge in [0.2, 0.25) is 5.91 Å². The van der Waals surface area contributed by atoms with Crippen LogP contribution in [-0.4, -0.2) is 47.9 Å². The van der Waals surface area contributed by atoms with Crippen LogP contribution in [0.15, 0.2) is 97.1 Å². The molecular formula is C37H34N2O6. The Labute approximate surface area is 262 Å². The summed E-state index contributed by atoms with van der Waals surface area (Å²) in [6, 6.07) is 28.4. The number of hydrogen-bond acceptors (Lipinski definition) is 5. The van der Waals surface area contributed by atoms with Crippen LogP contribution in [0.3, 0.4) is 0 Å². The number of carbonyl (C=O) groups is 3. The highest BCUT2D eigenvalue weighted by molar-refractivity contribution is 5.98. The quantitative estimate of drug-likeness (QED) is 0.200. The average Bonchev–Trinajstić information content (AvgIpc) is 3.34. The molecule has 0 saturated heterocycles. The number of alkyl carbamates (subject to hydrolysis) is 1. The van der Waals surface area contributed by atoms with Crippen molar-refractivity contribution in [3.05, 3.63) is 125 Å². The van der Waals surface area contributed by atoms with Gasteiger partial charge in [0.05, 0.1) is 23.5 Å². The summed E-state index contributed by atoms with van der Waals surface area (Å²) in [5.41, 5.74) is 5.14. The number of fused-ring (bicyclic) bond motifs is 3. The highest BCUT2D eigenvalue weighted by Crippen LogP contribution is 2.44. The van der Waals surface area contributed by atoms with E-state index in [0.29, 0.717) is 16.8 Å². The number of ether oxygens (including phenoxy) is 2. The molecule has 0 aromatic heterocycles. The minimum Gasteiger partial charge on any atom is -0.478 e. The van der Waals surface area contributed by atoms with Crippen LogP contribution in [0.4, 0.5) is 10.5 Å². The van der Waals surface area contributed by atoms with Crippen molar-refractivity contribution in [3.63, 3.8) is 0 Å². The lowest BCUT2D eigenvalue weighted by Crippen LogP contribution is -2.48. The third-order valence-electron chi connectivity index (χ3n) is 7.31. The van der Waals surface area contributed by atoms with E-state index in [1.807, 2.05) is 57.2 Å². The fourth-order valence-corrected chi connectivity index (χ4v) is 5.13. The van der Waals surface area contributed by atoms with Crippen molar-refractivity contribution in [2.75, 3.05) is 18.5 Å². The minimum absolute atomic E-state index is 0.0817. The number of amides is 2. The second-order valence-electron chi connectivity index (χ2n) is 11.6. The molecule has 45 heavy (non-hydrogen) atoms. The zero-order chi connectivity index (χ0) is 32.0. The third-order valence-corrected chi connectivity index (χ3v) is 7.31. The van der Waals surface area contributed by atoms with Crippen molar-refractivity contribution in [1.29, 1.82) is 0 Å². The van der Waals surface area contributed by atoms with Crippen LogP contribution in [0, 0.1) is 11.8 Å². The molecule has 0 fully saturated rings. The number of carboxylic acid groups (broad SMARTS) is 1. The molecule has 2 amide bonds. The van der Waals surface area contributed by atoms with Gasteiger partial charge in [0, 0.05) is 17.0 Å². The molecule has 1 aliphatic carbocycles. The van der Waals surface area contributed by atoms with Gasteiger partial charge < -0.3 is 25.2 Å². The topological polar surface area (TPSA) is 114 Å². The summed E-state index contributed by atoms with van der Waals surface area (Å²) < 4.78 is 11.6. The summed E-state index contributed by atoms with van der Waals surface area (Å²) in [7, 11) is 0. The molecule has 4 aromatic rings. The number of benzene rings is 4. The fourth-order valence-electron chi connectivity index (χ4n) is 5.13. The molecule has 5 rings (SSSR count). The first-order chi connectivity index (χ1) is 21.6. The molecule has 3 N–H and O–H groups in total. The second kappa shape index (κ2) is 13.5. The number of anilines is 1. The van der Waals surface area contributed by atoms with E-state index in [4.69, 9.17) is 9.47 Å². The Morgan fingerprint density at radius 3 is 2.00 bits per heavy atom. The van der Waals surface area contributed by atoms with Gasteiger partial charge in [0.15, 0.2) is 0 Å². The van der Waals surface area contributed by atoms with Gasteiger partial charge in [-0.3, -0.25) is 4.79 Å². The Morgan fingerprint density at radius 2 is 1.36 bits per heavy atom. The molecule has 0 saturated carbocycles. The van der Waals surface area contributed by atoms with Crippen LogP contribution in [-0.2, 0) is 14.3 Å². The number of nitrogens with one attached hydrogen (secondary N) is 2. The molecule has 0 unspecified atom stereocenters. The van der Waals surface area contributed by atoms with Crippen LogP contribution >= 0.6 is 0 Å². The summed E-state index contributed by atoms with van der Waals surface area (Å²) in [5.74, 6) is 4.13. The highest BCUT2D eigenvalue weighted by atomic mass is 16.5. The number of hydrogen-bond donors (Lipinski definition) is 3. The average molecular weight is 603 g/mol. The van der Waals surface area contributed by atoms with Gasteiger partial charge in [0.25, 0.3) is 0 Å². The van der Waals surface area contributed by atoms with E-state index in [1.54, 1.807) is 42.5 Å². The second-order valence-corrected chi connectivity index (χ2v) is 11.6. The van der Waals surface area contributed by atoms with Crippen LogP contribution < -0.4 is 10.6 Å². The Bertz CT molecular complexity index is 1750. The normalized spacial score (nSPS) is 12.6. The minimum atomic E-state index is -1.08. The molecular weight excluding hydrogens is 568 g/mol. The summed E-state index contributed by atoms with van der Waals surface area (Å²) in [4.78, 5) is 38.2. The van der Waals surface area contributed by atoms with Gasteiger partial charge in [-0.15, -0.1) is 0 Å². The molecule has 0 bridgehead atoms. The lowest BCUT2D eigenvalue weighted by molar-refractivity contribution is -0.121. The summed E-state index contributed by atoms with van der Waals surface area (Å²) >= 11 is 0. The zero-order valence-corrected chi connectivity index (χ0v) is 25.3. The van der Waals surface area contributed by atoms with Crippen molar-refractivity contribution in [3.8, 4) is 23.0 Å². The highest BCUT2D eigenvalue weighted by Gasteiger charge is 2.30. The maximum atomic E-state index is 13.5. The molecule has 0 aliphatic heterocycles. The van der Waals surface area contributed by atoms with Crippen molar-refractivity contribution in [1.82, 2.24) is 5.32 Å². The van der Waals surface area contributed by atoms with Crippen molar-refractivity contribution < 1.29 is 29.0 Å². The molecule has 4 aromatic carbocycles. The largest absolute Gasteiger partial charge is 0.478 e. The van der Waals surface area contributed by atoms with Crippen molar-refractivity contribution >= 4 is 23.7 Å². The van der Waals surface area contributed by atoms with Gasteiger partial charge >= 0.3 is 12.1 Å². The van der Waals surface area contributed by atoms with E-state index < -0.39 is 29.6 Å². The van der Waals surface area contributed by atoms with E-state index >= 15 is 0 Å². The van der Waals surface area contributed by atoms with Gasteiger partial charge in [-0.25, -0.2) is 9.59 Å². The molecule has 0 radical (unpaired) electrons. The van der Waals surface area contributed by atoms with Gasteiger partial charge in [-0.05, 0) is 67.3 Å². The predicted octanol–water partition coefficient (Wildman–Crippen LogP) is 6.45. The fraction of sp³-hybridized carbons (Fsp3) is 0.216. The summed E-state index contributed by atoms with van der Waals surface area (Å²) in [6.07, 6.45) is -0.743. The van der Waals surface area contributed by atoms with Gasteiger partial charge in [-0.1, -0.05) is 84.6 Å². The van der Waals surface area contributed by atoms with Gasteiger partial charge in [0.1, 0.15) is 12.6 Å². The van der Waals surface area contributed by atoms with Gasteiger partial charge in [-0.2, -0.15) is 0 Å². The first kappa shape index (κ1) is 31.0. The number of carboxylic acids is 1.